The average molecular weight is 374 g/mol. The van der Waals surface area contributed by atoms with Gasteiger partial charge >= 0.3 is 0 Å². The van der Waals surface area contributed by atoms with Crippen molar-refractivity contribution < 1.29 is 19.4 Å². The number of methoxy groups -OCH3 is 1. The van der Waals surface area contributed by atoms with Gasteiger partial charge in [-0.3, -0.25) is 9.59 Å². The van der Waals surface area contributed by atoms with E-state index < -0.39 is 5.92 Å². The Hall–Kier alpha value is -2.27. The number of hydrogen-bond donors (Lipinski definition) is 2. The molecule has 1 aromatic carbocycles. The van der Waals surface area contributed by atoms with Crippen LogP contribution in [0.1, 0.15) is 50.0 Å². The number of ether oxygens (including phenoxy) is 1. The van der Waals surface area contributed by atoms with Gasteiger partial charge in [-0.15, -0.1) is 0 Å². The summed E-state index contributed by atoms with van der Waals surface area (Å²) in [5, 5.41) is 14.5. The first-order chi connectivity index (χ1) is 12.5. The van der Waals surface area contributed by atoms with Gasteiger partial charge in [-0.2, -0.15) is 0 Å². The predicted octanol–water partition coefficient (Wildman–Crippen LogP) is 3.76. The molecule has 4 rings (SSSR count). The number of halogens is 1. The zero-order valence-corrected chi connectivity index (χ0v) is 15.3. The number of phenolic OH excluding ortho intramolecular Hbond substituents is 1. The molecule has 0 spiro atoms. The third-order valence-electron chi connectivity index (χ3n) is 5.39. The van der Waals surface area contributed by atoms with Crippen molar-refractivity contribution in [3.8, 4) is 11.5 Å². The summed E-state index contributed by atoms with van der Waals surface area (Å²) in [5.41, 5.74) is 3.38. The van der Waals surface area contributed by atoms with Crippen LogP contribution in [0.5, 0.6) is 11.5 Å². The lowest BCUT2D eigenvalue weighted by Gasteiger charge is -2.37. The molecule has 1 heterocycles. The van der Waals surface area contributed by atoms with Gasteiger partial charge in [0.2, 0.25) is 0 Å². The number of carbonyl (C=O) groups excluding carboxylic acids is 2. The lowest BCUT2D eigenvalue weighted by Crippen LogP contribution is -2.36. The van der Waals surface area contributed by atoms with E-state index in [2.05, 4.69) is 5.32 Å². The maximum atomic E-state index is 12.8. The summed E-state index contributed by atoms with van der Waals surface area (Å²) in [4.78, 5) is 25.5. The Morgan fingerprint density at radius 1 is 1.04 bits per heavy atom. The van der Waals surface area contributed by atoms with Crippen LogP contribution < -0.4 is 10.1 Å². The second-order valence-corrected chi connectivity index (χ2v) is 7.38. The van der Waals surface area contributed by atoms with Gasteiger partial charge in [-0.25, -0.2) is 0 Å². The number of nitrogens with one attached hydrogen (secondary N) is 1. The van der Waals surface area contributed by atoms with Crippen LogP contribution >= 0.6 is 11.6 Å². The maximum Gasteiger partial charge on any atom is 0.162 e. The van der Waals surface area contributed by atoms with Gasteiger partial charge < -0.3 is 15.2 Å². The first kappa shape index (κ1) is 17.2. The Kier molecular flexibility index (Phi) is 4.27. The summed E-state index contributed by atoms with van der Waals surface area (Å²) < 4.78 is 5.23. The zero-order chi connectivity index (χ0) is 18.4. The van der Waals surface area contributed by atoms with Crippen molar-refractivity contribution in [1.82, 2.24) is 5.32 Å². The fourth-order valence-electron chi connectivity index (χ4n) is 4.26. The smallest absolute Gasteiger partial charge is 0.162 e. The normalized spacial score (nSPS) is 20.7. The van der Waals surface area contributed by atoms with Gasteiger partial charge in [-0.05, 0) is 31.7 Å². The van der Waals surface area contributed by atoms with Crippen molar-refractivity contribution in [2.75, 3.05) is 7.11 Å². The lowest BCUT2D eigenvalue weighted by molar-refractivity contribution is -0.116. The number of dihydropyridines is 1. The van der Waals surface area contributed by atoms with Crippen LogP contribution in [0.4, 0.5) is 0 Å². The number of phenols is 1. The Labute approximate surface area is 156 Å². The number of aromatic hydroxyl groups is 1. The molecule has 2 N–H and O–H groups in total. The molecule has 1 aliphatic heterocycles. The molecule has 0 fully saturated rings. The van der Waals surface area contributed by atoms with E-state index in [0.29, 0.717) is 34.6 Å². The maximum absolute atomic E-state index is 12.8. The van der Waals surface area contributed by atoms with Crippen molar-refractivity contribution in [3.63, 3.8) is 0 Å². The Balaban J connectivity index is 1.98. The number of carbonyl (C=O) groups is 2. The molecule has 1 aromatic rings. The topological polar surface area (TPSA) is 75.6 Å². The van der Waals surface area contributed by atoms with Crippen LogP contribution in [-0.2, 0) is 9.59 Å². The van der Waals surface area contributed by atoms with Crippen LogP contribution in [0.3, 0.4) is 0 Å². The summed E-state index contributed by atoms with van der Waals surface area (Å²) in [7, 11) is 1.45. The van der Waals surface area contributed by atoms with Crippen molar-refractivity contribution in [3.05, 3.63) is 45.3 Å². The largest absolute Gasteiger partial charge is 0.504 e. The molecule has 5 nitrogen and oxygen atoms in total. The van der Waals surface area contributed by atoms with Gasteiger partial charge in [-0.1, -0.05) is 11.6 Å². The Morgan fingerprint density at radius 3 is 2.15 bits per heavy atom. The van der Waals surface area contributed by atoms with E-state index in [1.807, 2.05) is 0 Å². The molecule has 0 saturated heterocycles. The average Bonchev–Trinajstić information content (AvgIpc) is 2.62. The van der Waals surface area contributed by atoms with E-state index >= 15 is 0 Å². The van der Waals surface area contributed by atoms with E-state index in [4.69, 9.17) is 16.3 Å². The SMILES string of the molecule is COc1cc(Cl)cc(C2C3=C(CCCC3=O)NC3=C2C(=O)CCC3)c1O. The minimum absolute atomic E-state index is 0.0204. The van der Waals surface area contributed by atoms with Crippen molar-refractivity contribution in [2.24, 2.45) is 0 Å². The monoisotopic (exact) mass is 373 g/mol. The Morgan fingerprint density at radius 2 is 1.62 bits per heavy atom. The molecular weight excluding hydrogens is 354 g/mol. The van der Waals surface area contributed by atoms with Gasteiger partial charge in [0, 0.05) is 58.0 Å². The number of benzene rings is 1. The molecule has 0 unspecified atom stereocenters. The first-order valence-electron chi connectivity index (χ1n) is 8.87. The summed E-state index contributed by atoms with van der Waals surface area (Å²) in [6.07, 6.45) is 4.01. The third kappa shape index (κ3) is 2.62. The fraction of sp³-hybridized carbons (Fsp3) is 0.400. The summed E-state index contributed by atoms with van der Waals surface area (Å²) >= 11 is 6.23. The van der Waals surface area contributed by atoms with Crippen molar-refractivity contribution in [2.45, 2.75) is 44.4 Å². The first-order valence-corrected chi connectivity index (χ1v) is 9.25. The molecule has 136 valence electrons. The number of ketones is 2. The van der Waals surface area contributed by atoms with E-state index in [9.17, 15) is 14.7 Å². The van der Waals surface area contributed by atoms with Crippen LogP contribution in [0.15, 0.2) is 34.7 Å². The van der Waals surface area contributed by atoms with Crippen LogP contribution in [0.25, 0.3) is 0 Å². The fourth-order valence-corrected chi connectivity index (χ4v) is 4.48. The molecular formula is C20H20ClNO4. The molecule has 3 aliphatic rings. The number of rotatable bonds is 2. The number of hydrogen-bond acceptors (Lipinski definition) is 5. The zero-order valence-electron chi connectivity index (χ0n) is 14.5. The highest BCUT2D eigenvalue weighted by Gasteiger charge is 2.41. The van der Waals surface area contributed by atoms with Crippen LogP contribution in [0, 0.1) is 0 Å². The van der Waals surface area contributed by atoms with E-state index in [1.165, 1.54) is 13.2 Å². The molecule has 0 saturated carbocycles. The van der Waals surface area contributed by atoms with Crippen LogP contribution in [0.2, 0.25) is 5.02 Å². The molecule has 0 bridgehead atoms. The van der Waals surface area contributed by atoms with Gasteiger partial charge in [0.1, 0.15) is 0 Å². The van der Waals surface area contributed by atoms with E-state index in [0.717, 1.165) is 37.1 Å². The minimum Gasteiger partial charge on any atom is -0.504 e. The van der Waals surface area contributed by atoms with Crippen LogP contribution in [-0.4, -0.2) is 23.8 Å². The van der Waals surface area contributed by atoms with Crippen molar-refractivity contribution >= 4 is 23.2 Å². The van der Waals surface area contributed by atoms with Gasteiger partial charge in [0.05, 0.1) is 7.11 Å². The number of Topliss-reactive ketones (excluding diaryl/α,β-unsaturated/α-hetero) is 2. The molecule has 6 heteroatoms. The molecule has 0 aromatic heterocycles. The lowest BCUT2D eigenvalue weighted by atomic mass is 9.71. The highest BCUT2D eigenvalue weighted by Crippen LogP contribution is 2.49. The molecule has 0 radical (unpaired) electrons. The molecule has 2 aliphatic carbocycles. The quantitative estimate of drug-likeness (QED) is 0.825. The Bertz CT molecular complexity index is 842. The van der Waals surface area contributed by atoms with Gasteiger partial charge in [0.25, 0.3) is 0 Å². The second-order valence-electron chi connectivity index (χ2n) is 6.94. The predicted molar refractivity (Wildman–Crippen MR) is 97.3 cm³/mol. The third-order valence-corrected chi connectivity index (χ3v) is 5.61. The molecule has 0 atom stereocenters. The molecule has 0 amide bonds. The van der Waals surface area contributed by atoms with E-state index in [1.54, 1.807) is 6.07 Å². The summed E-state index contributed by atoms with van der Waals surface area (Å²) in [6, 6.07) is 3.16. The minimum atomic E-state index is -0.588. The highest BCUT2D eigenvalue weighted by atomic mass is 35.5. The number of allylic oxidation sites excluding steroid dienone is 4. The molecule has 26 heavy (non-hydrogen) atoms. The standard InChI is InChI=1S/C20H20ClNO4/c1-26-16-9-10(21)8-11(20(16)25)17-18-12(4-2-6-14(18)23)22-13-5-3-7-15(24)19(13)17/h8-9,17,22,25H,2-7H2,1H3. The second kappa shape index (κ2) is 6.47. The summed E-state index contributed by atoms with van der Waals surface area (Å²) in [5.74, 6) is -0.380. The highest BCUT2D eigenvalue weighted by molar-refractivity contribution is 6.31. The van der Waals surface area contributed by atoms with Crippen molar-refractivity contribution in [1.29, 1.82) is 0 Å². The van der Waals surface area contributed by atoms with E-state index in [-0.39, 0.29) is 23.1 Å². The van der Waals surface area contributed by atoms with Gasteiger partial charge in [0.15, 0.2) is 23.1 Å². The summed E-state index contributed by atoms with van der Waals surface area (Å²) in [6.45, 7) is 0.